The Balaban J connectivity index is 2.01. The molecule has 0 N–H and O–H groups in total. The molecule has 0 aliphatic heterocycles. The molecule has 0 bridgehead atoms. The first-order valence-electron chi connectivity index (χ1n) is 5.34. The molecule has 0 spiro atoms. The number of nitrogens with zero attached hydrogens (tertiary/aromatic N) is 1. The molecular formula is C13H10Cl2FNO. The minimum absolute atomic E-state index is 0.0483. The molecule has 0 amide bonds. The molecule has 2 nitrogen and oxygen atoms in total. The number of hydrogen-bond donors (Lipinski definition) is 0. The fraction of sp³-hybridized carbons (Fsp3) is 0.154. The van der Waals surface area contributed by atoms with Crippen LogP contribution in [0.4, 0.5) is 4.39 Å². The van der Waals surface area contributed by atoms with E-state index in [1.54, 1.807) is 18.3 Å². The second-order valence-electron chi connectivity index (χ2n) is 3.59. The number of hydrogen-bond acceptors (Lipinski definition) is 2. The first-order valence-corrected chi connectivity index (χ1v) is 6.10. The molecule has 0 radical (unpaired) electrons. The molecule has 0 saturated heterocycles. The zero-order chi connectivity index (χ0) is 13.0. The van der Waals surface area contributed by atoms with E-state index in [4.69, 9.17) is 27.9 Å². The molecule has 1 heterocycles. The summed E-state index contributed by atoms with van der Waals surface area (Å²) in [6.07, 6.45) is 2.06. The van der Waals surface area contributed by atoms with Gasteiger partial charge in [0.25, 0.3) is 0 Å². The van der Waals surface area contributed by atoms with Gasteiger partial charge in [0.15, 0.2) is 0 Å². The van der Waals surface area contributed by atoms with Gasteiger partial charge in [-0.25, -0.2) is 9.37 Å². The van der Waals surface area contributed by atoms with E-state index in [1.165, 1.54) is 12.1 Å². The first kappa shape index (κ1) is 13.1. The van der Waals surface area contributed by atoms with Crippen LogP contribution in [0.15, 0.2) is 36.5 Å². The zero-order valence-corrected chi connectivity index (χ0v) is 10.9. The molecule has 0 aliphatic rings. The molecule has 0 atom stereocenters. The standard InChI is InChI=1S/C13H10Cl2FNO/c14-10-4-5-11(16)13(15)9(10)6-8-18-12-3-1-2-7-17-12/h1-5,7H,6,8H2. The normalized spacial score (nSPS) is 10.4. The van der Waals surface area contributed by atoms with E-state index in [0.29, 0.717) is 29.5 Å². The minimum atomic E-state index is -0.478. The van der Waals surface area contributed by atoms with Gasteiger partial charge in [0.05, 0.1) is 11.6 Å². The highest BCUT2D eigenvalue weighted by Crippen LogP contribution is 2.27. The minimum Gasteiger partial charge on any atom is -0.477 e. The Morgan fingerprint density at radius 1 is 1.17 bits per heavy atom. The highest BCUT2D eigenvalue weighted by molar-refractivity contribution is 6.36. The van der Waals surface area contributed by atoms with E-state index in [2.05, 4.69) is 4.98 Å². The lowest BCUT2D eigenvalue weighted by atomic mass is 10.1. The Morgan fingerprint density at radius 3 is 2.72 bits per heavy atom. The molecule has 2 rings (SSSR count). The molecule has 5 heteroatoms. The van der Waals surface area contributed by atoms with E-state index < -0.39 is 5.82 Å². The maximum absolute atomic E-state index is 13.3. The lowest BCUT2D eigenvalue weighted by Gasteiger charge is -2.08. The van der Waals surface area contributed by atoms with Crippen molar-refractivity contribution in [1.82, 2.24) is 4.98 Å². The molecule has 0 fully saturated rings. The third-order valence-electron chi connectivity index (χ3n) is 2.38. The van der Waals surface area contributed by atoms with Gasteiger partial charge in [0, 0.05) is 23.7 Å². The van der Waals surface area contributed by atoms with Crippen molar-refractivity contribution in [2.75, 3.05) is 6.61 Å². The van der Waals surface area contributed by atoms with Gasteiger partial charge in [0.1, 0.15) is 5.82 Å². The van der Waals surface area contributed by atoms with E-state index >= 15 is 0 Å². The maximum Gasteiger partial charge on any atom is 0.213 e. The van der Waals surface area contributed by atoms with Crippen LogP contribution in [0, 0.1) is 5.82 Å². The van der Waals surface area contributed by atoms with E-state index in [9.17, 15) is 4.39 Å². The number of benzene rings is 1. The third kappa shape index (κ3) is 3.12. The van der Waals surface area contributed by atoms with Crippen LogP contribution in [-0.4, -0.2) is 11.6 Å². The third-order valence-corrected chi connectivity index (χ3v) is 3.14. The summed E-state index contributed by atoms with van der Waals surface area (Å²) in [6.45, 7) is 0.333. The Bertz CT molecular complexity index is 534. The van der Waals surface area contributed by atoms with Gasteiger partial charge < -0.3 is 4.74 Å². The number of rotatable bonds is 4. The second-order valence-corrected chi connectivity index (χ2v) is 4.37. The summed E-state index contributed by atoms with van der Waals surface area (Å²) in [7, 11) is 0. The molecule has 1 aromatic heterocycles. The maximum atomic E-state index is 13.3. The first-order chi connectivity index (χ1) is 8.68. The van der Waals surface area contributed by atoms with Gasteiger partial charge in [-0.3, -0.25) is 0 Å². The number of ether oxygens (including phenoxy) is 1. The van der Waals surface area contributed by atoms with Crippen LogP contribution >= 0.6 is 23.2 Å². The monoisotopic (exact) mass is 285 g/mol. The molecule has 0 aliphatic carbocycles. The quantitative estimate of drug-likeness (QED) is 0.788. The molecule has 0 saturated carbocycles. The van der Waals surface area contributed by atoms with Crippen molar-refractivity contribution in [2.45, 2.75) is 6.42 Å². The summed E-state index contributed by atoms with van der Waals surface area (Å²) in [4.78, 5) is 4.01. The van der Waals surface area contributed by atoms with Crippen LogP contribution in [-0.2, 0) is 6.42 Å². The topological polar surface area (TPSA) is 22.1 Å². The fourth-order valence-electron chi connectivity index (χ4n) is 1.49. The molecule has 94 valence electrons. The van der Waals surface area contributed by atoms with Crippen LogP contribution < -0.4 is 4.74 Å². The molecule has 0 unspecified atom stereocenters. The molecular weight excluding hydrogens is 276 g/mol. The van der Waals surface area contributed by atoms with Gasteiger partial charge in [-0.15, -0.1) is 0 Å². The fourth-order valence-corrected chi connectivity index (χ4v) is 2.05. The van der Waals surface area contributed by atoms with E-state index in [-0.39, 0.29) is 5.02 Å². The summed E-state index contributed by atoms with van der Waals surface area (Å²) < 4.78 is 18.7. The van der Waals surface area contributed by atoms with Gasteiger partial charge in [-0.1, -0.05) is 29.3 Å². The average molecular weight is 286 g/mol. The van der Waals surface area contributed by atoms with Crippen LogP contribution in [0.25, 0.3) is 0 Å². The van der Waals surface area contributed by atoms with Crippen LogP contribution in [0.5, 0.6) is 5.88 Å². The van der Waals surface area contributed by atoms with Gasteiger partial charge in [0.2, 0.25) is 5.88 Å². The summed E-state index contributed by atoms with van der Waals surface area (Å²) in [5, 5.41) is 0.484. The molecule has 18 heavy (non-hydrogen) atoms. The zero-order valence-electron chi connectivity index (χ0n) is 9.37. The summed E-state index contributed by atoms with van der Waals surface area (Å²) >= 11 is 11.8. The second kappa shape index (κ2) is 6.03. The number of pyridine rings is 1. The Labute approximate surface area is 114 Å². The van der Waals surface area contributed by atoms with Crippen LogP contribution in [0.3, 0.4) is 0 Å². The summed E-state index contributed by atoms with van der Waals surface area (Å²) in [6, 6.07) is 8.10. The van der Waals surface area contributed by atoms with Crippen LogP contribution in [0.1, 0.15) is 5.56 Å². The van der Waals surface area contributed by atoms with Crippen LogP contribution in [0.2, 0.25) is 10.0 Å². The van der Waals surface area contributed by atoms with Crippen molar-refractivity contribution in [1.29, 1.82) is 0 Å². The van der Waals surface area contributed by atoms with E-state index in [0.717, 1.165) is 0 Å². The highest BCUT2D eigenvalue weighted by atomic mass is 35.5. The average Bonchev–Trinajstić information content (AvgIpc) is 2.39. The highest BCUT2D eigenvalue weighted by Gasteiger charge is 2.10. The number of aromatic nitrogens is 1. The van der Waals surface area contributed by atoms with Gasteiger partial charge >= 0.3 is 0 Å². The van der Waals surface area contributed by atoms with Crippen molar-refractivity contribution < 1.29 is 9.13 Å². The largest absolute Gasteiger partial charge is 0.477 e. The summed E-state index contributed by atoms with van der Waals surface area (Å²) in [5.74, 6) is 0.0371. The predicted molar refractivity (Wildman–Crippen MR) is 69.9 cm³/mol. The van der Waals surface area contributed by atoms with Crippen molar-refractivity contribution in [2.24, 2.45) is 0 Å². The van der Waals surface area contributed by atoms with Crippen molar-refractivity contribution in [3.05, 3.63) is 58.0 Å². The predicted octanol–water partition coefficient (Wildman–Crippen LogP) is 4.15. The molecule has 2 aromatic rings. The van der Waals surface area contributed by atoms with Crippen molar-refractivity contribution >= 4 is 23.2 Å². The number of halogens is 3. The molecule has 1 aromatic carbocycles. The van der Waals surface area contributed by atoms with Crippen molar-refractivity contribution in [3.63, 3.8) is 0 Å². The van der Waals surface area contributed by atoms with Crippen molar-refractivity contribution in [3.8, 4) is 5.88 Å². The van der Waals surface area contributed by atoms with Gasteiger partial charge in [-0.2, -0.15) is 0 Å². The van der Waals surface area contributed by atoms with E-state index in [1.807, 2.05) is 6.07 Å². The lowest BCUT2D eigenvalue weighted by Crippen LogP contribution is -2.04. The Kier molecular flexibility index (Phi) is 4.39. The Hall–Kier alpha value is -1.32. The Morgan fingerprint density at radius 2 is 2.00 bits per heavy atom. The SMILES string of the molecule is Fc1ccc(Cl)c(CCOc2ccccn2)c1Cl. The van der Waals surface area contributed by atoms with Gasteiger partial charge in [-0.05, 0) is 23.8 Å². The smallest absolute Gasteiger partial charge is 0.213 e. The lowest BCUT2D eigenvalue weighted by molar-refractivity contribution is 0.309. The summed E-state index contributed by atoms with van der Waals surface area (Å²) in [5.41, 5.74) is 0.550.